The minimum Gasteiger partial charge on any atom is -0.756 e. The molecule has 2 saturated heterocycles. The smallest absolute Gasteiger partial charge is 0.510 e. The van der Waals surface area contributed by atoms with Crippen LogP contribution in [0.1, 0.15) is 19.9 Å². The molecule has 12 N–H and O–H groups in total. The van der Waals surface area contributed by atoms with Crippen LogP contribution in [0.3, 0.4) is 0 Å². The summed E-state index contributed by atoms with van der Waals surface area (Å²) < 4.78 is 87.1. The van der Waals surface area contributed by atoms with Crippen LogP contribution in [0, 0.1) is 0 Å². The highest BCUT2D eigenvalue weighted by Gasteiger charge is 2.49. The van der Waals surface area contributed by atoms with Crippen LogP contribution in [0.2, 0.25) is 0 Å². The lowest BCUT2D eigenvalue weighted by molar-refractivity contribution is -0.746. The third-order valence-electron chi connectivity index (χ3n) is 8.43. The van der Waals surface area contributed by atoms with E-state index < -0.39 is 116 Å². The number of hydrogen-bond donors (Lipinski definition) is 10. The quantitative estimate of drug-likeness (QED) is 0.0371. The fourth-order valence-electron chi connectivity index (χ4n) is 5.88. The highest BCUT2D eigenvalue weighted by Crippen LogP contribution is 2.48. The Labute approximate surface area is 322 Å². The fourth-order valence-corrected chi connectivity index (χ4v) is 7.87. The number of aliphatic hydroxyl groups is 4. The van der Waals surface area contributed by atoms with E-state index in [1.165, 1.54) is 17.9 Å². The van der Waals surface area contributed by atoms with Crippen molar-refractivity contribution < 1.29 is 94.2 Å². The number of nitrogens with one attached hydrogen (secondary N) is 3. The molecule has 6 heterocycles. The Morgan fingerprint density at radius 2 is 1.34 bits per heavy atom. The van der Waals surface area contributed by atoms with Crippen LogP contribution in [0.4, 0.5) is 16.1 Å². The minimum atomic E-state index is -5.96. The Bertz CT molecular complexity index is 2390. The lowest BCUT2D eigenvalue weighted by Gasteiger charge is -2.29. The maximum absolute atomic E-state index is 13.6. The summed E-state index contributed by atoms with van der Waals surface area (Å²) in [5, 5.41) is 42.2. The summed E-state index contributed by atoms with van der Waals surface area (Å²) in [5.74, 6) is -0.577. The van der Waals surface area contributed by atoms with Crippen LogP contribution in [0.25, 0.3) is 22.3 Å². The van der Waals surface area contributed by atoms with Gasteiger partial charge in [0.05, 0.1) is 33.5 Å². The highest BCUT2D eigenvalue weighted by molar-refractivity contribution is 7.47. The topological polar surface area (TPSA) is 435 Å². The molecule has 324 valence electrons. The van der Waals surface area contributed by atoms with Crippen LogP contribution in [0.15, 0.2) is 22.2 Å². The molecule has 2 aliphatic rings. The van der Waals surface area contributed by atoms with Gasteiger partial charge in [0.15, 0.2) is 12.7 Å². The first-order valence-corrected chi connectivity index (χ1v) is 20.4. The summed E-state index contributed by atoms with van der Waals surface area (Å²) in [5.41, 5.74) is 9.63. The van der Waals surface area contributed by atoms with E-state index in [4.69, 9.17) is 25.8 Å². The first-order chi connectivity index (χ1) is 26.5. The first kappa shape index (κ1) is 45.4. The Balaban J connectivity index is 0.00000641. The number of aromatic amines is 3. The van der Waals surface area contributed by atoms with E-state index >= 15 is 0 Å². The number of rotatable bonds is 16. The van der Waals surface area contributed by atoms with Crippen molar-refractivity contribution in [3.63, 3.8) is 0 Å². The van der Waals surface area contributed by atoms with Gasteiger partial charge >= 0.3 is 19.2 Å². The van der Waals surface area contributed by atoms with Crippen LogP contribution < -0.4 is 41.5 Å². The number of nitrogen functional groups attached to an aromatic ring is 2. The van der Waals surface area contributed by atoms with E-state index in [-0.39, 0.29) is 41.7 Å². The summed E-state index contributed by atoms with van der Waals surface area (Å²) in [6, 6.07) is 0. The molecular formula is C25H38FN10O19P3. The van der Waals surface area contributed by atoms with Gasteiger partial charge in [-0.25, -0.2) is 13.7 Å². The lowest BCUT2D eigenvalue weighted by Crippen LogP contribution is -2.46. The number of nitrogens with two attached hydrogens (primary N) is 2. The summed E-state index contributed by atoms with van der Waals surface area (Å²) in [4.78, 5) is 73.6. The summed E-state index contributed by atoms with van der Waals surface area (Å²) in [6.07, 6.45) is -12.9. The second-order valence-corrected chi connectivity index (χ2v) is 16.4. The molecule has 4 aromatic rings. The van der Waals surface area contributed by atoms with Gasteiger partial charge in [0.2, 0.25) is 23.5 Å². The number of nitrogens with zero attached hydrogens (tertiary/aromatic N) is 5. The predicted molar refractivity (Wildman–Crippen MR) is 181 cm³/mol. The van der Waals surface area contributed by atoms with E-state index in [9.17, 15) is 57.7 Å². The molecule has 0 radical (unpaired) electrons. The van der Waals surface area contributed by atoms with Crippen molar-refractivity contribution in [2.45, 2.75) is 62.6 Å². The van der Waals surface area contributed by atoms with E-state index in [0.717, 1.165) is 15.5 Å². The molecule has 4 aromatic heterocycles. The Morgan fingerprint density at radius 3 is 1.86 bits per heavy atom. The monoisotopic (exact) mass is 894 g/mol. The zero-order valence-corrected chi connectivity index (χ0v) is 31.4. The van der Waals surface area contributed by atoms with E-state index in [1.807, 2.05) is 0 Å². The third kappa shape index (κ3) is 9.86. The molecule has 29 nitrogen and oxygen atoms in total. The number of aryl methyl sites for hydroxylation is 1. The van der Waals surface area contributed by atoms with Crippen LogP contribution in [-0.4, -0.2) is 124 Å². The molecule has 0 spiro atoms. The average molecular weight is 895 g/mol. The molecule has 2 aliphatic heterocycles. The zero-order valence-electron chi connectivity index (χ0n) is 28.7. The Hall–Kier alpha value is -3.64. The molecule has 58 heavy (non-hydrogen) atoms. The molecule has 0 saturated carbocycles. The molecule has 0 bridgehead atoms. The van der Waals surface area contributed by atoms with Gasteiger partial charge in [-0.2, -0.15) is 0 Å². The van der Waals surface area contributed by atoms with Crippen molar-refractivity contribution in [1.29, 1.82) is 0 Å². The van der Waals surface area contributed by atoms with Crippen molar-refractivity contribution in [2.75, 3.05) is 37.9 Å². The number of phosphoric ester groups is 2. The normalized spacial score (nSPS) is 28.6. The number of aliphatic hydroxyl groups excluding tert-OH is 4. The Morgan fingerprint density at radius 1 is 0.862 bits per heavy atom. The van der Waals surface area contributed by atoms with E-state index in [2.05, 4.69) is 47.5 Å². The second-order valence-electron chi connectivity index (χ2n) is 12.4. The number of H-pyrrole nitrogens is 3. The maximum atomic E-state index is 13.6. The molecule has 0 amide bonds. The van der Waals surface area contributed by atoms with Crippen LogP contribution >= 0.6 is 23.6 Å². The van der Waals surface area contributed by atoms with Crippen molar-refractivity contribution in [3.05, 3.63) is 33.4 Å². The van der Waals surface area contributed by atoms with Gasteiger partial charge in [-0.05, 0) is 0 Å². The largest absolute Gasteiger partial charge is 0.756 e. The maximum Gasteiger partial charge on any atom is 0.510 e. The number of fused-ring (bicyclic) bond motifs is 2. The SMILES string of the molecule is C.Cn1c[n+](C2O[C@H](COP(=O)([O-])OCC(COP(=O)([O-])OCC3O[C@@H]([n+]4c[nH]c5c(=O)[nH]c(N)nc54)[C@H](O)[C@@H]3O)OP(=O)(O)F)[C@@H](O)[C@H]2O)c2nc(N)[nH]c(=O)c21. The van der Waals surface area contributed by atoms with Gasteiger partial charge in [0.1, 0.15) is 42.7 Å². The van der Waals surface area contributed by atoms with Gasteiger partial charge < -0.3 is 69.2 Å². The number of imidazole rings is 2. The minimum absolute atomic E-state index is 0. The van der Waals surface area contributed by atoms with Gasteiger partial charge in [0.25, 0.3) is 38.7 Å². The predicted octanol–water partition coefficient (Wildman–Crippen LogP) is -5.40. The molecule has 0 aliphatic carbocycles. The number of ether oxygens (including phenoxy) is 2. The number of halogens is 1. The van der Waals surface area contributed by atoms with Gasteiger partial charge in [-0.3, -0.25) is 47.7 Å². The van der Waals surface area contributed by atoms with Crippen molar-refractivity contribution in [2.24, 2.45) is 7.05 Å². The molecular weight excluding hydrogens is 856 g/mol. The molecule has 12 atom stereocenters. The third-order valence-corrected chi connectivity index (χ3v) is 10.9. The average Bonchev–Trinajstić information content (AvgIpc) is 3.83. The van der Waals surface area contributed by atoms with Crippen molar-refractivity contribution in [3.8, 4) is 0 Å². The molecule has 6 unspecified atom stereocenters. The summed E-state index contributed by atoms with van der Waals surface area (Å²) in [6.45, 7) is -4.84. The zero-order chi connectivity index (χ0) is 41.8. The standard InChI is InChI=1S/C24H34FN10O19P3.CH4/c1-33-7-35(18-12(33)20(41)32-24(27)30-18)22-16(39)14(37)10(53-22)5-51-57(46,47)49-3-8(54-55(25,42)43)2-48-56(44,45)50-4-9-13(36)15(38)21(52-9)34-6-28-11-17(34)29-23(26)31-19(11)40;/h6-10,13-16,21-22,36-39H,2-5H2,1H3,(H8-,26,27,29,30,31,32,40,41,42,43,44,45,46,47);1H4/t8?,9?,10-,13-,14-,15-,16-,21-,22?;/m1./s1. The second kappa shape index (κ2) is 17.1. The first-order valence-electron chi connectivity index (χ1n) is 16.0. The highest BCUT2D eigenvalue weighted by atomic mass is 31.2. The fraction of sp³-hybridized carbons (Fsp3) is 0.600. The lowest BCUT2D eigenvalue weighted by atomic mass is 10.1. The molecule has 33 heteroatoms. The number of aromatic nitrogens is 8. The molecule has 2 fully saturated rings. The van der Waals surface area contributed by atoms with Gasteiger partial charge in [0, 0.05) is 0 Å². The molecule has 6 rings (SSSR count). The van der Waals surface area contributed by atoms with Crippen LogP contribution in [0.5, 0.6) is 0 Å². The van der Waals surface area contributed by atoms with Crippen LogP contribution in [-0.2, 0) is 52.8 Å². The summed E-state index contributed by atoms with van der Waals surface area (Å²) >= 11 is 0. The van der Waals surface area contributed by atoms with Gasteiger partial charge in [-0.15, -0.1) is 4.20 Å². The molecule has 0 aromatic carbocycles. The van der Waals surface area contributed by atoms with Crippen molar-refractivity contribution >= 4 is 57.8 Å². The van der Waals surface area contributed by atoms with Gasteiger partial charge in [-0.1, -0.05) is 17.4 Å². The summed E-state index contributed by atoms with van der Waals surface area (Å²) in [7, 11) is -15.5. The van der Waals surface area contributed by atoms with E-state index in [1.54, 1.807) is 0 Å². The number of anilines is 2. The van der Waals surface area contributed by atoms with Crippen molar-refractivity contribution in [1.82, 2.24) is 29.5 Å². The number of hydrogen-bond acceptors (Lipinski definition) is 22. The Kier molecular flexibility index (Phi) is 13.4. The van der Waals surface area contributed by atoms with E-state index in [0.29, 0.717) is 0 Å². The number of phosphoric acid groups is 2.